The third kappa shape index (κ3) is 1.94. The first-order chi connectivity index (χ1) is 8.46. The van der Waals surface area contributed by atoms with E-state index in [4.69, 9.17) is 0 Å². The van der Waals surface area contributed by atoms with Gasteiger partial charge in [-0.05, 0) is 32.1 Å². The van der Waals surface area contributed by atoms with Crippen molar-refractivity contribution in [2.45, 2.75) is 39.0 Å². The van der Waals surface area contributed by atoms with E-state index in [0.717, 1.165) is 31.3 Å². The highest BCUT2D eigenvalue weighted by molar-refractivity contribution is 6.19. The summed E-state index contributed by atoms with van der Waals surface area (Å²) in [5.74, 6) is -0.931. The van der Waals surface area contributed by atoms with Gasteiger partial charge in [-0.3, -0.25) is 20.2 Å². The monoisotopic (exact) mass is 250 g/mol. The maximum absolute atomic E-state index is 12.2. The summed E-state index contributed by atoms with van der Waals surface area (Å²) in [5.41, 5.74) is -0.363. The lowest BCUT2D eigenvalue weighted by molar-refractivity contribution is -0.148. The quantitative estimate of drug-likeness (QED) is 0.588. The fourth-order valence-electron chi connectivity index (χ4n) is 3.13. The molecule has 1 saturated heterocycles. The molecule has 1 saturated carbocycles. The van der Waals surface area contributed by atoms with Crippen molar-refractivity contribution in [1.82, 2.24) is 10.6 Å². The number of urea groups is 1. The molecule has 0 bridgehead atoms. The van der Waals surface area contributed by atoms with E-state index in [1.807, 2.05) is 0 Å². The predicted molar refractivity (Wildman–Crippen MR) is 65.5 cm³/mol. The molecule has 5 heteroatoms. The molecule has 0 aromatic carbocycles. The first-order valence-electron chi connectivity index (χ1n) is 6.28. The second-order valence-electron chi connectivity index (χ2n) is 5.32. The SMILES string of the molecule is C=C(C)CC1(C2CCCC2)C(=O)NC(=O)NC1=O. The Morgan fingerprint density at radius 3 is 2.17 bits per heavy atom. The lowest BCUT2D eigenvalue weighted by Gasteiger charge is -2.38. The van der Waals surface area contributed by atoms with E-state index >= 15 is 0 Å². The normalized spacial score (nSPS) is 23.7. The highest BCUT2D eigenvalue weighted by Gasteiger charge is 2.55. The van der Waals surface area contributed by atoms with Crippen LogP contribution in [0, 0.1) is 11.3 Å². The number of amides is 4. The minimum atomic E-state index is -1.14. The van der Waals surface area contributed by atoms with Gasteiger partial charge in [0.15, 0.2) is 0 Å². The topological polar surface area (TPSA) is 75.3 Å². The molecule has 0 atom stereocenters. The molecule has 98 valence electrons. The van der Waals surface area contributed by atoms with Gasteiger partial charge in [0.25, 0.3) is 0 Å². The van der Waals surface area contributed by atoms with E-state index in [1.165, 1.54) is 0 Å². The van der Waals surface area contributed by atoms with Crippen molar-refractivity contribution in [1.29, 1.82) is 0 Å². The lowest BCUT2D eigenvalue weighted by Crippen LogP contribution is -2.64. The minimum absolute atomic E-state index is 0.00213. The molecule has 2 fully saturated rings. The van der Waals surface area contributed by atoms with Crippen LogP contribution in [-0.4, -0.2) is 17.8 Å². The Bertz CT molecular complexity index is 402. The highest BCUT2D eigenvalue weighted by atomic mass is 16.2. The highest BCUT2D eigenvalue weighted by Crippen LogP contribution is 2.45. The van der Waals surface area contributed by atoms with Crippen LogP contribution in [0.3, 0.4) is 0 Å². The van der Waals surface area contributed by atoms with Gasteiger partial charge < -0.3 is 0 Å². The molecular weight excluding hydrogens is 232 g/mol. The van der Waals surface area contributed by atoms with Crippen LogP contribution in [0.4, 0.5) is 4.79 Å². The zero-order valence-electron chi connectivity index (χ0n) is 10.5. The summed E-state index contributed by atoms with van der Waals surface area (Å²) >= 11 is 0. The van der Waals surface area contributed by atoms with E-state index in [1.54, 1.807) is 6.92 Å². The van der Waals surface area contributed by atoms with Crippen LogP contribution in [0.25, 0.3) is 0 Å². The first kappa shape index (κ1) is 12.8. The number of hydrogen-bond acceptors (Lipinski definition) is 3. The fourth-order valence-corrected chi connectivity index (χ4v) is 3.13. The molecule has 4 amide bonds. The molecule has 18 heavy (non-hydrogen) atoms. The zero-order chi connectivity index (χ0) is 13.3. The molecule has 0 aromatic heterocycles. The van der Waals surface area contributed by atoms with Gasteiger partial charge in [-0.25, -0.2) is 4.79 Å². The van der Waals surface area contributed by atoms with Crippen molar-refractivity contribution in [3.8, 4) is 0 Å². The summed E-state index contributed by atoms with van der Waals surface area (Å²) < 4.78 is 0. The minimum Gasteiger partial charge on any atom is -0.277 e. The van der Waals surface area contributed by atoms with E-state index < -0.39 is 23.3 Å². The van der Waals surface area contributed by atoms with Gasteiger partial charge in [0.1, 0.15) is 5.41 Å². The van der Waals surface area contributed by atoms with E-state index in [9.17, 15) is 14.4 Å². The Kier molecular flexibility index (Phi) is 3.24. The van der Waals surface area contributed by atoms with Crippen LogP contribution in [0.5, 0.6) is 0 Å². The van der Waals surface area contributed by atoms with Crippen molar-refractivity contribution in [2.75, 3.05) is 0 Å². The molecule has 0 aromatic rings. The summed E-state index contributed by atoms with van der Waals surface area (Å²) in [4.78, 5) is 35.6. The van der Waals surface area contributed by atoms with Gasteiger partial charge >= 0.3 is 6.03 Å². The number of rotatable bonds is 3. The van der Waals surface area contributed by atoms with Gasteiger partial charge in [0.05, 0.1) is 0 Å². The van der Waals surface area contributed by atoms with Crippen molar-refractivity contribution in [3.63, 3.8) is 0 Å². The number of carbonyl (C=O) groups is 3. The molecule has 1 heterocycles. The van der Waals surface area contributed by atoms with E-state index in [2.05, 4.69) is 17.2 Å². The maximum Gasteiger partial charge on any atom is 0.328 e. The van der Waals surface area contributed by atoms with Gasteiger partial charge in [-0.2, -0.15) is 0 Å². The van der Waals surface area contributed by atoms with Gasteiger partial charge in [0.2, 0.25) is 11.8 Å². The lowest BCUT2D eigenvalue weighted by atomic mass is 9.68. The molecule has 0 radical (unpaired) electrons. The number of hydrogen-bond donors (Lipinski definition) is 2. The average molecular weight is 250 g/mol. The predicted octanol–water partition coefficient (Wildman–Crippen LogP) is 1.50. The van der Waals surface area contributed by atoms with Crippen molar-refractivity contribution >= 4 is 17.8 Å². The number of carbonyl (C=O) groups excluding carboxylic acids is 3. The number of allylic oxidation sites excluding steroid dienone is 1. The van der Waals surface area contributed by atoms with Crippen molar-refractivity contribution in [3.05, 3.63) is 12.2 Å². The van der Waals surface area contributed by atoms with E-state index in [0.29, 0.717) is 6.42 Å². The largest absolute Gasteiger partial charge is 0.328 e. The Morgan fingerprint density at radius 2 is 1.72 bits per heavy atom. The Morgan fingerprint density at radius 1 is 1.22 bits per heavy atom. The molecular formula is C13H18N2O3. The van der Waals surface area contributed by atoms with Crippen molar-refractivity contribution in [2.24, 2.45) is 11.3 Å². The van der Waals surface area contributed by atoms with Crippen molar-refractivity contribution < 1.29 is 14.4 Å². The Hall–Kier alpha value is -1.65. The van der Waals surface area contributed by atoms with Gasteiger partial charge in [0, 0.05) is 0 Å². The second-order valence-corrected chi connectivity index (χ2v) is 5.32. The average Bonchev–Trinajstić information content (AvgIpc) is 2.76. The summed E-state index contributed by atoms with van der Waals surface area (Å²) in [5, 5.41) is 4.46. The summed E-state index contributed by atoms with van der Waals surface area (Å²) in [6.45, 7) is 5.61. The molecule has 0 spiro atoms. The van der Waals surface area contributed by atoms with Gasteiger partial charge in [-0.15, -0.1) is 6.58 Å². The van der Waals surface area contributed by atoms with Crippen LogP contribution in [0.15, 0.2) is 12.2 Å². The number of nitrogens with one attached hydrogen (secondary N) is 2. The van der Waals surface area contributed by atoms with Crippen LogP contribution in [-0.2, 0) is 9.59 Å². The standard InChI is InChI=1S/C13H18N2O3/c1-8(2)7-13(9-5-3-4-6-9)10(16)14-12(18)15-11(13)17/h9H,1,3-7H2,2H3,(H2,14,15,16,17,18). The van der Waals surface area contributed by atoms with Gasteiger partial charge in [-0.1, -0.05) is 18.4 Å². The smallest absolute Gasteiger partial charge is 0.277 e. The third-order valence-electron chi connectivity index (χ3n) is 3.90. The number of imide groups is 2. The summed E-state index contributed by atoms with van der Waals surface area (Å²) in [6.07, 6.45) is 4.06. The third-order valence-corrected chi connectivity index (χ3v) is 3.90. The molecule has 2 aliphatic rings. The fraction of sp³-hybridized carbons (Fsp3) is 0.615. The molecule has 2 N–H and O–H groups in total. The van der Waals surface area contributed by atoms with Crippen LogP contribution < -0.4 is 10.6 Å². The molecule has 2 rings (SSSR count). The second kappa shape index (κ2) is 4.55. The van der Waals surface area contributed by atoms with Crippen LogP contribution in [0.1, 0.15) is 39.0 Å². The van der Waals surface area contributed by atoms with Crippen LogP contribution in [0.2, 0.25) is 0 Å². The molecule has 1 aliphatic carbocycles. The first-order valence-corrected chi connectivity index (χ1v) is 6.28. The van der Waals surface area contributed by atoms with Crippen LogP contribution >= 0.6 is 0 Å². The van der Waals surface area contributed by atoms with E-state index in [-0.39, 0.29) is 5.92 Å². The molecule has 5 nitrogen and oxygen atoms in total. The summed E-state index contributed by atoms with van der Waals surface area (Å²) in [6, 6.07) is -0.722. The Labute approximate surface area is 106 Å². The Balaban J connectivity index is 2.39. The maximum atomic E-state index is 12.2. The summed E-state index contributed by atoms with van der Waals surface area (Å²) in [7, 11) is 0. The number of barbiturate groups is 1. The zero-order valence-corrected chi connectivity index (χ0v) is 10.5. The molecule has 0 unspecified atom stereocenters. The molecule has 1 aliphatic heterocycles.